The average molecular weight is 495 g/mol. The smallest absolute Gasteiger partial charge is 0.257 e. The van der Waals surface area contributed by atoms with Crippen molar-refractivity contribution in [1.29, 1.82) is 0 Å². The number of anilines is 1. The van der Waals surface area contributed by atoms with Crippen LogP contribution in [0.1, 0.15) is 44.1 Å². The van der Waals surface area contributed by atoms with E-state index in [9.17, 15) is 14.4 Å². The monoisotopic (exact) mass is 494 g/mol. The Kier molecular flexibility index (Phi) is 8.13. The predicted octanol–water partition coefficient (Wildman–Crippen LogP) is 4.00. The number of carbonyl (C=O) groups excluding carboxylic acids is 3. The number of nitrogens with zero attached hydrogens (tertiary/aromatic N) is 2. The standard InChI is InChI=1S/C28H34N2O6/c1-34-22-12-10-21(11-13-22)30-26(31)18-23(28(30)33)29(27(32)20-7-5-4-6-8-20)16-15-19-9-14-24(35-2)25(17-19)36-3/h9-14,17,20,23H,4-8,15-16,18H2,1-3H3. The Morgan fingerprint density at radius 1 is 0.917 bits per heavy atom. The summed E-state index contributed by atoms with van der Waals surface area (Å²) in [6.07, 6.45) is 5.30. The fraction of sp³-hybridized carbons (Fsp3) is 0.464. The number of benzene rings is 2. The van der Waals surface area contributed by atoms with Gasteiger partial charge in [0.15, 0.2) is 11.5 Å². The maximum Gasteiger partial charge on any atom is 0.257 e. The zero-order valence-electron chi connectivity index (χ0n) is 21.2. The molecule has 1 unspecified atom stereocenters. The third-order valence-electron chi connectivity index (χ3n) is 7.16. The largest absolute Gasteiger partial charge is 0.497 e. The summed E-state index contributed by atoms with van der Waals surface area (Å²) in [7, 11) is 4.72. The second-order valence-corrected chi connectivity index (χ2v) is 9.29. The lowest BCUT2D eigenvalue weighted by atomic mass is 9.87. The van der Waals surface area contributed by atoms with Gasteiger partial charge in [0.2, 0.25) is 11.8 Å². The van der Waals surface area contributed by atoms with Crippen molar-refractivity contribution < 1.29 is 28.6 Å². The van der Waals surface area contributed by atoms with E-state index in [0.717, 1.165) is 37.7 Å². The van der Waals surface area contributed by atoms with E-state index < -0.39 is 6.04 Å². The highest BCUT2D eigenvalue weighted by Crippen LogP contribution is 2.32. The van der Waals surface area contributed by atoms with Crippen LogP contribution in [0.4, 0.5) is 5.69 Å². The van der Waals surface area contributed by atoms with Crippen LogP contribution in [0.15, 0.2) is 42.5 Å². The molecule has 8 heteroatoms. The molecule has 1 aliphatic carbocycles. The number of rotatable bonds is 9. The molecule has 3 amide bonds. The summed E-state index contributed by atoms with van der Waals surface area (Å²) in [4.78, 5) is 43.1. The van der Waals surface area contributed by atoms with Gasteiger partial charge >= 0.3 is 0 Å². The van der Waals surface area contributed by atoms with Crippen LogP contribution in [0.5, 0.6) is 17.2 Å². The molecular weight excluding hydrogens is 460 g/mol. The van der Waals surface area contributed by atoms with Crippen LogP contribution in [-0.2, 0) is 20.8 Å². The molecule has 0 N–H and O–H groups in total. The molecule has 2 aromatic carbocycles. The number of carbonyl (C=O) groups is 3. The molecule has 36 heavy (non-hydrogen) atoms. The fourth-order valence-electron chi connectivity index (χ4n) is 5.15. The minimum Gasteiger partial charge on any atom is -0.497 e. The Hall–Kier alpha value is -3.55. The Morgan fingerprint density at radius 3 is 2.25 bits per heavy atom. The number of imide groups is 1. The summed E-state index contributed by atoms with van der Waals surface area (Å²) in [5.74, 6) is 1.07. The van der Waals surface area contributed by atoms with Gasteiger partial charge in [0.25, 0.3) is 5.91 Å². The third-order valence-corrected chi connectivity index (χ3v) is 7.16. The first-order chi connectivity index (χ1) is 17.5. The van der Waals surface area contributed by atoms with Crippen LogP contribution < -0.4 is 19.1 Å². The quantitative estimate of drug-likeness (QED) is 0.490. The molecule has 1 atom stereocenters. The maximum absolute atomic E-state index is 13.7. The third kappa shape index (κ3) is 5.32. The Labute approximate surface area is 212 Å². The number of hydrogen-bond donors (Lipinski definition) is 0. The molecule has 0 spiro atoms. The van der Waals surface area contributed by atoms with Gasteiger partial charge in [-0.25, -0.2) is 4.90 Å². The molecule has 0 bridgehead atoms. The van der Waals surface area contributed by atoms with E-state index in [0.29, 0.717) is 35.9 Å². The molecule has 192 valence electrons. The van der Waals surface area contributed by atoms with E-state index in [4.69, 9.17) is 14.2 Å². The minimum atomic E-state index is -0.811. The van der Waals surface area contributed by atoms with Crippen molar-refractivity contribution in [3.05, 3.63) is 48.0 Å². The summed E-state index contributed by atoms with van der Waals surface area (Å²) in [6.45, 7) is 0.338. The second-order valence-electron chi connectivity index (χ2n) is 9.29. The molecule has 1 saturated heterocycles. The van der Waals surface area contributed by atoms with Crippen LogP contribution in [0.25, 0.3) is 0 Å². The van der Waals surface area contributed by atoms with Gasteiger partial charge in [0.1, 0.15) is 11.8 Å². The van der Waals surface area contributed by atoms with Crippen molar-refractivity contribution in [3.8, 4) is 17.2 Å². The van der Waals surface area contributed by atoms with Crippen LogP contribution in [0, 0.1) is 5.92 Å². The van der Waals surface area contributed by atoms with Gasteiger partial charge in [-0.2, -0.15) is 0 Å². The van der Waals surface area contributed by atoms with Gasteiger partial charge < -0.3 is 19.1 Å². The van der Waals surface area contributed by atoms with Crippen LogP contribution in [0.3, 0.4) is 0 Å². The fourth-order valence-corrected chi connectivity index (χ4v) is 5.15. The van der Waals surface area contributed by atoms with Gasteiger partial charge in [0, 0.05) is 12.5 Å². The lowest BCUT2D eigenvalue weighted by Gasteiger charge is -2.32. The van der Waals surface area contributed by atoms with Crippen molar-refractivity contribution in [2.75, 3.05) is 32.8 Å². The van der Waals surface area contributed by atoms with E-state index >= 15 is 0 Å². The summed E-state index contributed by atoms with van der Waals surface area (Å²) < 4.78 is 15.9. The highest BCUT2D eigenvalue weighted by Gasteiger charge is 2.45. The summed E-state index contributed by atoms with van der Waals surface area (Å²) >= 11 is 0. The van der Waals surface area contributed by atoms with Gasteiger partial charge in [-0.1, -0.05) is 25.3 Å². The molecule has 8 nitrogen and oxygen atoms in total. The van der Waals surface area contributed by atoms with Gasteiger partial charge in [0.05, 0.1) is 33.4 Å². The van der Waals surface area contributed by atoms with Crippen molar-refractivity contribution in [2.24, 2.45) is 5.92 Å². The molecule has 1 saturated carbocycles. The number of methoxy groups -OCH3 is 3. The molecule has 1 heterocycles. The number of hydrogen-bond acceptors (Lipinski definition) is 6. The van der Waals surface area contributed by atoms with Crippen LogP contribution in [0.2, 0.25) is 0 Å². The van der Waals surface area contributed by atoms with Gasteiger partial charge in [-0.15, -0.1) is 0 Å². The molecular formula is C28H34N2O6. The Balaban J connectivity index is 1.57. The summed E-state index contributed by atoms with van der Waals surface area (Å²) in [5, 5.41) is 0. The molecule has 2 fully saturated rings. The Morgan fingerprint density at radius 2 is 1.61 bits per heavy atom. The second kappa shape index (κ2) is 11.5. The molecule has 2 aromatic rings. The highest BCUT2D eigenvalue weighted by molar-refractivity contribution is 6.23. The van der Waals surface area contributed by atoms with E-state index in [1.807, 2.05) is 18.2 Å². The predicted molar refractivity (Wildman–Crippen MR) is 135 cm³/mol. The van der Waals surface area contributed by atoms with Crippen molar-refractivity contribution in [1.82, 2.24) is 4.90 Å². The first-order valence-electron chi connectivity index (χ1n) is 12.5. The lowest BCUT2D eigenvalue weighted by molar-refractivity contribution is -0.142. The summed E-state index contributed by atoms with van der Waals surface area (Å²) in [5.41, 5.74) is 1.44. The molecule has 4 rings (SSSR count). The highest BCUT2D eigenvalue weighted by atomic mass is 16.5. The minimum absolute atomic E-state index is 0.0186. The zero-order chi connectivity index (χ0) is 25.7. The van der Waals surface area contributed by atoms with Crippen molar-refractivity contribution in [2.45, 2.75) is 51.0 Å². The Bertz CT molecular complexity index is 1090. The summed E-state index contributed by atoms with van der Waals surface area (Å²) in [6, 6.07) is 11.6. The van der Waals surface area contributed by atoms with Crippen molar-refractivity contribution >= 4 is 23.4 Å². The first kappa shape index (κ1) is 25.5. The average Bonchev–Trinajstić information content (AvgIpc) is 3.22. The first-order valence-corrected chi connectivity index (χ1v) is 12.5. The van der Waals surface area contributed by atoms with E-state index in [-0.39, 0.29) is 30.1 Å². The van der Waals surface area contributed by atoms with Gasteiger partial charge in [-0.05, 0) is 61.2 Å². The number of amides is 3. The normalized spacial score (nSPS) is 18.3. The van der Waals surface area contributed by atoms with E-state index in [2.05, 4.69) is 0 Å². The van der Waals surface area contributed by atoms with E-state index in [1.54, 1.807) is 50.5 Å². The van der Waals surface area contributed by atoms with Crippen molar-refractivity contribution in [3.63, 3.8) is 0 Å². The molecule has 2 aliphatic rings. The van der Waals surface area contributed by atoms with Gasteiger partial charge in [-0.3, -0.25) is 14.4 Å². The zero-order valence-corrected chi connectivity index (χ0v) is 21.2. The van der Waals surface area contributed by atoms with Crippen LogP contribution >= 0.6 is 0 Å². The SMILES string of the molecule is COc1ccc(N2C(=O)CC(N(CCc3ccc(OC)c(OC)c3)C(=O)C3CCCCC3)C2=O)cc1. The topological polar surface area (TPSA) is 85.4 Å². The number of ether oxygens (including phenoxy) is 3. The molecule has 1 aliphatic heterocycles. The van der Waals surface area contributed by atoms with E-state index in [1.165, 1.54) is 4.90 Å². The molecule has 0 radical (unpaired) electrons. The maximum atomic E-state index is 13.7. The van der Waals surface area contributed by atoms with Crippen LogP contribution in [-0.4, -0.2) is 56.5 Å². The molecule has 0 aromatic heterocycles. The lowest BCUT2D eigenvalue weighted by Crippen LogP contribution is -2.48.